The molecule has 0 aromatic heterocycles. The van der Waals surface area contributed by atoms with Gasteiger partial charge in [0.05, 0.1) is 0 Å². The van der Waals surface area contributed by atoms with Crippen LogP contribution in [-0.4, -0.2) is 0 Å². The molecule has 1 aliphatic rings. The molecule has 0 amide bonds. The standard InChI is InChI=1S/C39H32N2/c1-39(2)37-16-10-9-15-35(37)36-26-25-34(27-38(36)39)41(32-13-7-4-8-14-32)33-23-19-29(20-24-33)28-17-21-31(22-18-28)40-30-11-5-3-6-12-30/h3-27,40H,1-2H3. The molecule has 6 aromatic rings. The van der Waals surface area contributed by atoms with E-state index in [0.29, 0.717) is 0 Å². The zero-order chi connectivity index (χ0) is 27.8. The molecule has 198 valence electrons. The molecule has 2 heteroatoms. The lowest BCUT2D eigenvalue weighted by atomic mass is 9.82. The van der Waals surface area contributed by atoms with Crippen LogP contribution in [0.5, 0.6) is 0 Å². The highest BCUT2D eigenvalue weighted by Crippen LogP contribution is 2.50. The van der Waals surface area contributed by atoms with Crippen LogP contribution in [0, 0.1) is 0 Å². The minimum atomic E-state index is -0.0459. The van der Waals surface area contributed by atoms with Gasteiger partial charge in [0.15, 0.2) is 0 Å². The van der Waals surface area contributed by atoms with Crippen LogP contribution in [0.1, 0.15) is 25.0 Å². The number of hydrogen-bond donors (Lipinski definition) is 1. The molecule has 0 saturated heterocycles. The lowest BCUT2D eigenvalue weighted by Gasteiger charge is -2.28. The van der Waals surface area contributed by atoms with Gasteiger partial charge < -0.3 is 10.2 Å². The number of nitrogens with zero attached hydrogens (tertiary/aromatic N) is 1. The van der Waals surface area contributed by atoms with Crippen LogP contribution < -0.4 is 10.2 Å². The molecule has 7 rings (SSSR count). The van der Waals surface area contributed by atoms with Crippen molar-refractivity contribution in [1.29, 1.82) is 0 Å². The van der Waals surface area contributed by atoms with E-state index in [1.54, 1.807) is 0 Å². The minimum Gasteiger partial charge on any atom is -0.356 e. The molecule has 0 radical (unpaired) electrons. The summed E-state index contributed by atoms with van der Waals surface area (Å²) in [5.41, 5.74) is 13.4. The van der Waals surface area contributed by atoms with Gasteiger partial charge in [-0.3, -0.25) is 0 Å². The molecule has 0 saturated carbocycles. The van der Waals surface area contributed by atoms with E-state index >= 15 is 0 Å². The molecule has 0 fully saturated rings. The van der Waals surface area contributed by atoms with Crippen molar-refractivity contribution in [3.05, 3.63) is 163 Å². The summed E-state index contributed by atoms with van der Waals surface area (Å²) >= 11 is 0. The Bertz CT molecular complexity index is 1800. The van der Waals surface area contributed by atoms with Crippen LogP contribution in [0.4, 0.5) is 28.4 Å². The van der Waals surface area contributed by atoms with Crippen LogP contribution in [-0.2, 0) is 5.41 Å². The van der Waals surface area contributed by atoms with Gasteiger partial charge in [-0.05, 0) is 94.0 Å². The van der Waals surface area contributed by atoms with Crippen LogP contribution in [0.2, 0.25) is 0 Å². The molecular weight excluding hydrogens is 496 g/mol. The van der Waals surface area contributed by atoms with Gasteiger partial charge in [-0.25, -0.2) is 0 Å². The molecule has 0 unspecified atom stereocenters. The van der Waals surface area contributed by atoms with E-state index in [9.17, 15) is 0 Å². The average molecular weight is 529 g/mol. The fourth-order valence-electron chi connectivity index (χ4n) is 6.09. The second-order valence-electron chi connectivity index (χ2n) is 11.2. The third-order valence-corrected chi connectivity index (χ3v) is 8.25. The largest absolute Gasteiger partial charge is 0.356 e. The Hall–Kier alpha value is -5.08. The molecule has 2 nitrogen and oxygen atoms in total. The Labute approximate surface area is 242 Å². The van der Waals surface area contributed by atoms with Crippen molar-refractivity contribution in [2.75, 3.05) is 10.2 Å². The van der Waals surface area contributed by atoms with Crippen molar-refractivity contribution in [3.63, 3.8) is 0 Å². The van der Waals surface area contributed by atoms with Crippen molar-refractivity contribution < 1.29 is 0 Å². The molecule has 0 spiro atoms. The van der Waals surface area contributed by atoms with Gasteiger partial charge in [0.2, 0.25) is 0 Å². The van der Waals surface area contributed by atoms with Crippen LogP contribution >= 0.6 is 0 Å². The predicted octanol–water partition coefficient (Wildman–Crippen LogP) is 10.9. The van der Waals surface area contributed by atoms with Gasteiger partial charge in [0, 0.05) is 33.9 Å². The Morgan fingerprint density at radius 1 is 0.439 bits per heavy atom. The first kappa shape index (κ1) is 24.9. The first-order valence-corrected chi connectivity index (χ1v) is 14.2. The molecule has 6 aromatic carbocycles. The number of benzene rings is 6. The van der Waals surface area contributed by atoms with Gasteiger partial charge >= 0.3 is 0 Å². The smallest absolute Gasteiger partial charge is 0.0465 e. The summed E-state index contributed by atoms with van der Waals surface area (Å²) in [6, 6.07) is 54.2. The van der Waals surface area contributed by atoms with Crippen molar-refractivity contribution in [3.8, 4) is 22.3 Å². The maximum absolute atomic E-state index is 3.47. The van der Waals surface area contributed by atoms with E-state index in [0.717, 1.165) is 22.7 Å². The van der Waals surface area contributed by atoms with Crippen molar-refractivity contribution in [1.82, 2.24) is 0 Å². The normalized spacial score (nSPS) is 12.8. The summed E-state index contributed by atoms with van der Waals surface area (Å²) < 4.78 is 0. The zero-order valence-corrected chi connectivity index (χ0v) is 23.4. The lowest BCUT2D eigenvalue weighted by Crippen LogP contribution is -2.16. The van der Waals surface area contributed by atoms with Gasteiger partial charge in [-0.15, -0.1) is 0 Å². The fraction of sp³-hybridized carbons (Fsp3) is 0.0769. The summed E-state index contributed by atoms with van der Waals surface area (Å²) in [5.74, 6) is 0. The molecule has 0 atom stereocenters. The fourth-order valence-corrected chi connectivity index (χ4v) is 6.09. The summed E-state index contributed by atoms with van der Waals surface area (Å²) in [6.45, 7) is 4.67. The lowest BCUT2D eigenvalue weighted by molar-refractivity contribution is 0.660. The molecule has 0 bridgehead atoms. The van der Waals surface area contributed by atoms with E-state index < -0.39 is 0 Å². The van der Waals surface area contributed by atoms with Gasteiger partial charge in [0.1, 0.15) is 0 Å². The van der Waals surface area contributed by atoms with Gasteiger partial charge in [-0.1, -0.05) is 105 Å². The number of anilines is 5. The topological polar surface area (TPSA) is 15.3 Å². The Kier molecular flexibility index (Phi) is 6.17. The Morgan fingerprint density at radius 2 is 0.951 bits per heavy atom. The van der Waals surface area contributed by atoms with Crippen LogP contribution in [0.25, 0.3) is 22.3 Å². The highest BCUT2D eigenvalue weighted by atomic mass is 15.1. The summed E-state index contributed by atoms with van der Waals surface area (Å²) in [6.07, 6.45) is 0. The maximum Gasteiger partial charge on any atom is 0.0465 e. The van der Waals surface area contributed by atoms with E-state index in [4.69, 9.17) is 0 Å². The summed E-state index contributed by atoms with van der Waals surface area (Å²) in [4.78, 5) is 2.36. The second-order valence-corrected chi connectivity index (χ2v) is 11.2. The van der Waals surface area contributed by atoms with Crippen molar-refractivity contribution >= 4 is 28.4 Å². The number of rotatable bonds is 6. The van der Waals surface area contributed by atoms with Gasteiger partial charge in [0.25, 0.3) is 0 Å². The number of fused-ring (bicyclic) bond motifs is 3. The Morgan fingerprint density at radius 3 is 1.66 bits per heavy atom. The second kappa shape index (κ2) is 10.1. The molecule has 0 heterocycles. The first-order valence-electron chi connectivity index (χ1n) is 14.2. The number of nitrogens with one attached hydrogen (secondary N) is 1. The highest BCUT2D eigenvalue weighted by molar-refractivity contribution is 5.86. The van der Waals surface area contributed by atoms with Gasteiger partial charge in [-0.2, -0.15) is 0 Å². The van der Waals surface area contributed by atoms with Crippen LogP contribution in [0.15, 0.2) is 152 Å². The highest BCUT2D eigenvalue weighted by Gasteiger charge is 2.35. The first-order chi connectivity index (χ1) is 20.1. The average Bonchev–Trinajstić information content (AvgIpc) is 3.25. The van der Waals surface area contributed by atoms with E-state index in [2.05, 4.69) is 158 Å². The summed E-state index contributed by atoms with van der Waals surface area (Å²) in [7, 11) is 0. The number of hydrogen-bond acceptors (Lipinski definition) is 2. The van der Waals surface area contributed by atoms with E-state index in [-0.39, 0.29) is 5.41 Å². The van der Waals surface area contributed by atoms with E-state index in [1.165, 1.54) is 39.1 Å². The predicted molar refractivity (Wildman–Crippen MR) is 174 cm³/mol. The molecule has 0 aliphatic heterocycles. The third kappa shape index (κ3) is 4.58. The summed E-state index contributed by atoms with van der Waals surface area (Å²) in [5, 5.41) is 3.47. The van der Waals surface area contributed by atoms with Crippen LogP contribution in [0.3, 0.4) is 0 Å². The quantitative estimate of drug-likeness (QED) is 0.231. The number of para-hydroxylation sites is 2. The minimum absolute atomic E-state index is 0.0459. The molecule has 1 N–H and O–H groups in total. The van der Waals surface area contributed by atoms with Crippen molar-refractivity contribution in [2.24, 2.45) is 0 Å². The maximum atomic E-state index is 3.47. The molecular formula is C39H32N2. The van der Waals surface area contributed by atoms with E-state index in [1.807, 2.05) is 18.2 Å². The molecule has 1 aliphatic carbocycles. The third-order valence-electron chi connectivity index (χ3n) is 8.25. The SMILES string of the molecule is CC1(C)c2ccccc2-c2ccc(N(c3ccccc3)c3ccc(-c4ccc(Nc5ccccc5)cc4)cc3)cc21. The zero-order valence-electron chi connectivity index (χ0n) is 23.4. The monoisotopic (exact) mass is 528 g/mol. The Balaban J connectivity index is 1.22. The van der Waals surface area contributed by atoms with Crippen molar-refractivity contribution in [2.45, 2.75) is 19.3 Å². The molecule has 41 heavy (non-hydrogen) atoms.